The molecule has 0 aromatic heterocycles. The summed E-state index contributed by atoms with van der Waals surface area (Å²) in [5.41, 5.74) is 0.790. The van der Waals surface area contributed by atoms with E-state index < -0.39 is 0 Å². The lowest BCUT2D eigenvalue weighted by Gasteiger charge is -2.28. The molecule has 2 unspecified atom stereocenters. The Morgan fingerprint density at radius 3 is 2.46 bits per heavy atom. The summed E-state index contributed by atoms with van der Waals surface area (Å²) in [5, 5.41) is 0. The average Bonchev–Trinajstić information content (AvgIpc) is 2.20. The molecule has 0 aromatic carbocycles. The number of rotatable bonds is 0. The van der Waals surface area contributed by atoms with Gasteiger partial charge in [0.2, 0.25) is 0 Å². The monoisotopic (exact) mass is 177 g/mol. The summed E-state index contributed by atoms with van der Waals surface area (Å²) in [6.07, 6.45) is 7.68. The first-order valence-corrected chi connectivity index (χ1v) is 5.13. The van der Waals surface area contributed by atoms with Crippen molar-refractivity contribution in [1.29, 1.82) is 0 Å². The van der Waals surface area contributed by atoms with Crippen LogP contribution in [0.2, 0.25) is 0 Å². The highest BCUT2D eigenvalue weighted by Gasteiger charge is 2.51. The van der Waals surface area contributed by atoms with E-state index in [4.69, 9.17) is 0 Å². The molecule has 1 fully saturated rings. The van der Waals surface area contributed by atoms with Gasteiger partial charge in [0.15, 0.2) is 0 Å². The largest absolute Gasteiger partial charge is 0.289 e. The average molecular weight is 177 g/mol. The van der Waals surface area contributed by atoms with Crippen LogP contribution in [0, 0.1) is 16.7 Å². The van der Waals surface area contributed by atoms with E-state index in [9.17, 15) is 0 Å². The number of dihydropyridines is 1. The molecular weight excluding hydrogens is 158 g/mol. The van der Waals surface area contributed by atoms with Gasteiger partial charge in [0.1, 0.15) is 0 Å². The fourth-order valence-corrected chi connectivity index (χ4v) is 3.28. The second-order valence-corrected chi connectivity index (χ2v) is 5.81. The Hall–Kier alpha value is -0.590. The van der Waals surface area contributed by atoms with Crippen molar-refractivity contribution < 1.29 is 0 Å². The maximum absolute atomic E-state index is 4.63. The summed E-state index contributed by atoms with van der Waals surface area (Å²) in [5.74, 6) is 0.646. The number of fused-ring (bicyclic) bond motifs is 1. The Morgan fingerprint density at radius 1 is 1.15 bits per heavy atom. The van der Waals surface area contributed by atoms with Crippen LogP contribution in [0.25, 0.3) is 0 Å². The lowest BCUT2D eigenvalue weighted by atomic mass is 9.80. The van der Waals surface area contributed by atoms with Crippen LogP contribution in [0.4, 0.5) is 0 Å². The number of hydrogen-bond donors (Lipinski definition) is 0. The highest BCUT2D eigenvalue weighted by molar-refractivity contribution is 5.72. The third-order valence-corrected chi connectivity index (χ3v) is 3.61. The van der Waals surface area contributed by atoms with Gasteiger partial charge in [-0.15, -0.1) is 0 Å². The molecule has 0 aromatic rings. The minimum Gasteiger partial charge on any atom is -0.289 e. The highest BCUT2D eigenvalue weighted by Crippen LogP contribution is 2.55. The smallest absolute Gasteiger partial charge is 0.0618 e. The number of aliphatic imine (C=N–C) groups is 1. The Balaban J connectivity index is 2.38. The fraction of sp³-hybridized carbons (Fsp3) is 0.750. The van der Waals surface area contributed by atoms with Crippen molar-refractivity contribution in [2.75, 3.05) is 0 Å². The van der Waals surface area contributed by atoms with E-state index >= 15 is 0 Å². The van der Waals surface area contributed by atoms with Crippen LogP contribution in [-0.2, 0) is 0 Å². The van der Waals surface area contributed by atoms with E-state index in [-0.39, 0.29) is 0 Å². The molecule has 0 spiro atoms. The maximum Gasteiger partial charge on any atom is 0.0618 e. The first-order valence-electron chi connectivity index (χ1n) is 5.13. The molecule has 1 aliphatic carbocycles. The lowest BCUT2D eigenvalue weighted by molar-refractivity contribution is 0.283. The van der Waals surface area contributed by atoms with E-state index in [1.807, 2.05) is 6.21 Å². The summed E-state index contributed by atoms with van der Waals surface area (Å²) < 4.78 is 0. The molecule has 1 heteroatoms. The summed E-state index contributed by atoms with van der Waals surface area (Å²) >= 11 is 0. The number of nitrogens with zero attached hydrogens (tertiary/aromatic N) is 1. The Bertz CT molecular complexity index is 243. The molecule has 1 heterocycles. The lowest BCUT2D eigenvalue weighted by Crippen LogP contribution is -2.28. The van der Waals surface area contributed by atoms with Gasteiger partial charge in [0.05, 0.1) is 6.04 Å². The van der Waals surface area contributed by atoms with E-state index in [0.717, 1.165) is 0 Å². The van der Waals surface area contributed by atoms with Crippen molar-refractivity contribution in [1.82, 2.24) is 0 Å². The van der Waals surface area contributed by atoms with Crippen molar-refractivity contribution in [2.24, 2.45) is 21.7 Å². The molecule has 2 atom stereocenters. The molecule has 1 aliphatic heterocycles. The first kappa shape index (κ1) is 8.98. The van der Waals surface area contributed by atoms with Gasteiger partial charge in [-0.2, -0.15) is 0 Å². The third kappa shape index (κ3) is 1.25. The topological polar surface area (TPSA) is 12.4 Å². The number of allylic oxidation sites excluding steroid dienone is 1. The van der Waals surface area contributed by atoms with Crippen molar-refractivity contribution in [2.45, 2.75) is 40.2 Å². The molecule has 13 heavy (non-hydrogen) atoms. The molecule has 0 amide bonds. The minimum absolute atomic E-state index is 0.370. The van der Waals surface area contributed by atoms with E-state index in [1.54, 1.807) is 0 Å². The molecule has 72 valence electrons. The van der Waals surface area contributed by atoms with Gasteiger partial charge in [0.25, 0.3) is 0 Å². The Morgan fingerprint density at radius 2 is 1.85 bits per heavy atom. The quantitative estimate of drug-likeness (QED) is 0.539. The van der Waals surface area contributed by atoms with Crippen LogP contribution in [0.1, 0.15) is 34.1 Å². The normalized spacial score (nSPS) is 39.1. The zero-order valence-electron chi connectivity index (χ0n) is 9.04. The molecule has 0 bridgehead atoms. The van der Waals surface area contributed by atoms with Gasteiger partial charge < -0.3 is 0 Å². The standard InChI is InChI=1S/C12H19N/c1-11(2)8-12(3,4)10-9(11)6-5-7-13-10/h5-7,9-10H,8H2,1-4H3. The zero-order valence-corrected chi connectivity index (χ0v) is 9.04. The summed E-state index contributed by atoms with van der Waals surface area (Å²) in [6.45, 7) is 9.42. The van der Waals surface area contributed by atoms with Crippen LogP contribution in [0.3, 0.4) is 0 Å². The van der Waals surface area contributed by atoms with Crippen molar-refractivity contribution in [3.63, 3.8) is 0 Å². The van der Waals surface area contributed by atoms with Gasteiger partial charge in [-0.25, -0.2) is 0 Å². The molecule has 0 radical (unpaired) electrons. The molecule has 2 rings (SSSR count). The molecule has 0 N–H and O–H groups in total. The maximum atomic E-state index is 4.63. The fourth-order valence-electron chi connectivity index (χ4n) is 3.28. The van der Waals surface area contributed by atoms with Crippen molar-refractivity contribution >= 4 is 6.21 Å². The molecular formula is C12H19N. The first-order chi connectivity index (χ1) is 5.93. The van der Waals surface area contributed by atoms with E-state index in [2.05, 4.69) is 44.8 Å². The van der Waals surface area contributed by atoms with Crippen LogP contribution in [0.15, 0.2) is 17.1 Å². The predicted octanol–water partition coefficient (Wildman–Crippen LogP) is 3.07. The van der Waals surface area contributed by atoms with Crippen LogP contribution < -0.4 is 0 Å². The van der Waals surface area contributed by atoms with Crippen molar-refractivity contribution in [3.05, 3.63) is 12.2 Å². The molecule has 2 aliphatic rings. The predicted molar refractivity (Wildman–Crippen MR) is 57.1 cm³/mol. The summed E-state index contributed by atoms with van der Waals surface area (Å²) in [7, 11) is 0. The van der Waals surface area contributed by atoms with Crippen molar-refractivity contribution in [3.8, 4) is 0 Å². The van der Waals surface area contributed by atoms with Crippen LogP contribution in [-0.4, -0.2) is 12.3 Å². The molecule has 1 nitrogen and oxygen atoms in total. The summed E-state index contributed by atoms with van der Waals surface area (Å²) in [6, 6.07) is 0.507. The molecule has 1 saturated carbocycles. The van der Waals surface area contributed by atoms with Crippen LogP contribution in [0.5, 0.6) is 0 Å². The van der Waals surface area contributed by atoms with Gasteiger partial charge in [-0.1, -0.05) is 33.8 Å². The Kier molecular flexibility index (Phi) is 1.70. The third-order valence-electron chi connectivity index (χ3n) is 3.61. The second-order valence-electron chi connectivity index (χ2n) is 5.81. The van der Waals surface area contributed by atoms with Gasteiger partial charge >= 0.3 is 0 Å². The number of hydrogen-bond acceptors (Lipinski definition) is 1. The van der Waals surface area contributed by atoms with Gasteiger partial charge in [-0.3, -0.25) is 4.99 Å². The summed E-state index contributed by atoms with van der Waals surface area (Å²) in [4.78, 5) is 4.63. The second kappa shape index (κ2) is 2.46. The SMILES string of the molecule is CC1(C)CC(C)(C)C2N=CC=CC21. The van der Waals surface area contributed by atoms with Crippen LogP contribution >= 0.6 is 0 Å². The minimum atomic E-state index is 0.370. The van der Waals surface area contributed by atoms with Gasteiger partial charge in [0, 0.05) is 12.1 Å². The zero-order chi connectivity index (χ0) is 9.69. The highest BCUT2D eigenvalue weighted by atomic mass is 14.9. The van der Waals surface area contributed by atoms with E-state index in [0.29, 0.717) is 22.8 Å². The van der Waals surface area contributed by atoms with Gasteiger partial charge in [-0.05, 0) is 23.3 Å². The molecule has 0 saturated heterocycles. The Labute approximate surface area is 80.9 Å². The van der Waals surface area contributed by atoms with E-state index in [1.165, 1.54) is 6.42 Å².